The number of carbonyl (C=O) groups is 1. The minimum absolute atomic E-state index is 0.129. The van der Waals surface area contributed by atoms with Crippen LogP contribution in [0.5, 0.6) is 0 Å². The zero-order valence-corrected chi connectivity index (χ0v) is 23.0. The second kappa shape index (κ2) is 9.10. The van der Waals surface area contributed by atoms with Gasteiger partial charge >= 0.3 is 5.97 Å². The number of fused-ring (bicyclic) bond motifs is 1. The van der Waals surface area contributed by atoms with Gasteiger partial charge in [-0.05, 0) is 36.2 Å². The summed E-state index contributed by atoms with van der Waals surface area (Å²) in [7, 11) is -2.72. The quantitative estimate of drug-likeness (QED) is 0.431. The van der Waals surface area contributed by atoms with Gasteiger partial charge in [-0.2, -0.15) is 0 Å². The molecule has 184 valence electrons. The molecular formula is C27H36O5SSi. The van der Waals surface area contributed by atoms with Crippen LogP contribution in [0.4, 0.5) is 0 Å². The zero-order valence-electron chi connectivity index (χ0n) is 21.2. The lowest BCUT2D eigenvalue weighted by molar-refractivity contribution is -0.164. The van der Waals surface area contributed by atoms with Crippen molar-refractivity contribution in [3.63, 3.8) is 0 Å². The minimum atomic E-state index is -2.72. The molecule has 34 heavy (non-hydrogen) atoms. The molecule has 2 aromatic carbocycles. The highest BCUT2D eigenvalue weighted by atomic mass is 32.2. The lowest BCUT2D eigenvalue weighted by Crippen LogP contribution is -2.67. The van der Waals surface area contributed by atoms with Gasteiger partial charge in [0.25, 0.3) is 8.32 Å². The monoisotopic (exact) mass is 500 g/mol. The van der Waals surface area contributed by atoms with Crippen LogP contribution in [0, 0.1) is 0 Å². The molecular weight excluding hydrogens is 464 g/mol. The first-order valence-corrected chi connectivity index (χ1v) is 14.6. The van der Waals surface area contributed by atoms with Crippen molar-refractivity contribution in [2.75, 3.05) is 6.61 Å². The minimum Gasteiger partial charge on any atom is -0.449 e. The smallest absolute Gasteiger partial charge is 0.303 e. The second-order valence-electron chi connectivity index (χ2n) is 10.9. The van der Waals surface area contributed by atoms with Crippen molar-refractivity contribution < 1.29 is 23.4 Å². The highest BCUT2D eigenvalue weighted by Gasteiger charge is 2.63. The van der Waals surface area contributed by atoms with Crippen molar-refractivity contribution in [2.45, 2.75) is 81.7 Å². The van der Waals surface area contributed by atoms with Gasteiger partial charge in [-0.1, -0.05) is 81.4 Å². The Hall–Kier alpha value is -1.64. The molecule has 0 radical (unpaired) electrons. The summed E-state index contributed by atoms with van der Waals surface area (Å²) in [4.78, 5) is 11.8. The third-order valence-electron chi connectivity index (χ3n) is 6.66. The number of esters is 1. The van der Waals surface area contributed by atoms with Gasteiger partial charge in [0.1, 0.15) is 12.2 Å². The van der Waals surface area contributed by atoms with Crippen LogP contribution in [0.25, 0.3) is 0 Å². The lowest BCUT2D eigenvalue weighted by Gasteiger charge is -2.45. The molecule has 1 unspecified atom stereocenters. The standard InChI is InChI=1S/C27H36O5SSi/c1-19(28)30-24-22-23(32-26(5,6)31-22)27(7,33-24)18-29-34(25(2,3)4,20-14-10-8-11-15-20)21-16-12-9-13-17-21/h8-17,22-24H,18H2,1-7H3/t22-,23+,24?,27-/m1/s1. The van der Waals surface area contributed by atoms with E-state index in [0.717, 1.165) is 0 Å². The highest BCUT2D eigenvalue weighted by molar-refractivity contribution is 8.01. The molecule has 0 amide bonds. The maximum atomic E-state index is 11.8. The topological polar surface area (TPSA) is 54.0 Å². The molecule has 4 atom stereocenters. The van der Waals surface area contributed by atoms with E-state index in [-0.39, 0.29) is 23.2 Å². The molecule has 2 aromatic rings. The van der Waals surface area contributed by atoms with Crippen LogP contribution in [-0.2, 0) is 23.4 Å². The SMILES string of the molecule is CC(=O)OC1S[C@](C)(CO[Si](c2ccccc2)(c2ccccc2)C(C)(C)C)[C@H]2OC(C)(C)O[C@@H]12. The first-order valence-electron chi connectivity index (χ1n) is 11.8. The molecule has 2 saturated heterocycles. The normalized spacial score (nSPS) is 28.5. The predicted molar refractivity (Wildman–Crippen MR) is 139 cm³/mol. The number of carbonyl (C=O) groups excluding carboxylic acids is 1. The number of thioether (sulfide) groups is 1. The fraction of sp³-hybridized carbons (Fsp3) is 0.519. The van der Waals surface area contributed by atoms with Crippen molar-refractivity contribution in [3.8, 4) is 0 Å². The van der Waals surface area contributed by atoms with Crippen LogP contribution in [-0.4, -0.2) is 49.1 Å². The highest BCUT2D eigenvalue weighted by Crippen LogP contribution is 2.53. The van der Waals surface area contributed by atoms with E-state index in [4.69, 9.17) is 18.6 Å². The van der Waals surface area contributed by atoms with Crippen molar-refractivity contribution in [1.29, 1.82) is 0 Å². The zero-order chi connectivity index (χ0) is 24.8. The molecule has 4 rings (SSSR count). The van der Waals surface area contributed by atoms with Crippen LogP contribution >= 0.6 is 11.8 Å². The summed E-state index contributed by atoms with van der Waals surface area (Å²) < 4.78 is 25.0. The van der Waals surface area contributed by atoms with Gasteiger partial charge in [0.15, 0.2) is 11.2 Å². The number of benzene rings is 2. The van der Waals surface area contributed by atoms with Gasteiger partial charge in [0, 0.05) is 6.92 Å². The van der Waals surface area contributed by atoms with Crippen LogP contribution in [0.2, 0.25) is 5.04 Å². The molecule has 2 fully saturated rings. The van der Waals surface area contributed by atoms with Gasteiger partial charge < -0.3 is 18.6 Å². The average molecular weight is 501 g/mol. The maximum absolute atomic E-state index is 11.8. The Morgan fingerprint density at radius 1 is 0.971 bits per heavy atom. The molecule has 0 bridgehead atoms. The largest absolute Gasteiger partial charge is 0.449 e. The first kappa shape index (κ1) is 25.4. The summed E-state index contributed by atoms with van der Waals surface area (Å²) in [6.07, 6.45) is -0.591. The molecule has 5 nitrogen and oxygen atoms in total. The van der Waals surface area contributed by atoms with Gasteiger partial charge in [-0.25, -0.2) is 0 Å². The third-order valence-corrected chi connectivity index (χ3v) is 13.1. The van der Waals surface area contributed by atoms with Crippen molar-refractivity contribution in [2.24, 2.45) is 0 Å². The van der Waals surface area contributed by atoms with Gasteiger partial charge in [-0.15, -0.1) is 11.8 Å². The predicted octanol–water partition coefficient (Wildman–Crippen LogP) is 4.48. The van der Waals surface area contributed by atoms with Gasteiger partial charge in [0.05, 0.1) is 11.4 Å². The molecule has 0 aromatic heterocycles. The molecule has 7 heteroatoms. The van der Waals surface area contributed by atoms with Crippen molar-refractivity contribution in [3.05, 3.63) is 60.7 Å². The number of rotatable bonds is 6. The fourth-order valence-corrected chi connectivity index (χ4v) is 11.5. The summed E-state index contributed by atoms with van der Waals surface area (Å²) in [6, 6.07) is 21.2. The number of hydrogen-bond donors (Lipinski definition) is 0. The maximum Gasteiger partial charge on any atom is 0.303 e. The van der Waals surface area contributed by atoms with E-state index < -0.39 is 24.3 Å². The van der Waals surface area contributed by atoms with Gasteiger partial charge in [0.2, 0.25) is 0 Å². The Morgan fingerprint density at radius 3 is 1.97 bits per heavy atom. The molecule has 0 spiro atoms. The Balaban J connectivity index is 1.74. The van der Waals surface area contributed by atoms with Gasteiger partial charge in [-0.3, -0.25) is 4.79 Å². The van der Waals surface area contributed by atoms with Crippen molar-refractivity contribution in [1.82, 2.24) is 0 Å². The molecule has 2 aliphatic heterocycles. The molecule has 0 N–H and O–H groups in total. The Bertz CT molecular complexity index is 967. The molecule has 2 heterocycles. The summed E-state index contributed by atoms with van der Waals surface area (Å²) in [5.74, 6) is -1.06. The average Bonchev–Trinajstić information content (AvgIpc) is 3.21. The van der Waals surface area contributed by atoms with E-state index in [1.54, 1.807) is 11.8 Å². The summed E-state index contributed by atoms with van der Waals surface area (Å²) >= 11 is 1.58. The Labute approximate surface area is 208 Å². The number of ether oxygens (including phenoxy) is 3. The summed E-state index contributed by atoms with van der Waals surface area (Å²) in [6.45, 7) is 14.6. The van der Waals surface area contributed by atoms with Crippen LogP contribution in [0.15, 0.2) is 60.7 Å². The molecule has 0 saturated carbocycles. The second-order valence-corrected chi connectivity index (χ2v) is 16.8. The summed E-state index contributed by atoms with van der Waals surface area (Å²) in [5.41, 5.74) is -0.433. The molecule has 0 aliphatic carbocycles. The van der Waals surface area contributed by atoms with Crippen LogP contribution in [0.3, 0.4) is 0 Å². The lowest BCUT2D eigenvalue weighted by atomic mass is 10.0. The van der Waals surface area contributed by atoms with E-state index >= 15 is 0 Å². The number of hydrogen-bond acceptors (Lipinski definition) is 6. The van der Waals surface area contributed by atoms with E-state index in [1.165, 1.54) is 17.3 Å². The van der Waals surface area contributed by atoms with E-state index in [1.807, 2.05) is 26.0 Å². The fourth-order valence-electron chi connectivity index (χ4n) is 5.24. The Kier molecular flexibility index (Phi) is 6.81. The molecule has 2 aliphatic rings. The van der Waals surface area contributed by atoms with E-state index in [2.05, 4.69) is 76.2 Å². The summed E-state index contributed by atoms with van der Waals surface area (Å²) in [5, 5.41) is 2.34. The third kappa shape index (κ3) is 4.61. The Morgan fingerprint density at radius 2 is 1.50 bits per heavy atom. The first-order chi connectivity index (χ1) is 15.9. The van der Waals surface area contributed by atoms with Crippen molar-refractivity contribution >= 4 is 36.4 Å². The van der Waals surface area contributed by atoms with E-state index in [0.29, 0.717) is 6.61 Å². The van der Waals surface area contributed by atoms with Crippen LogP contribution < -0.4 is 10.4 Å². The van der Waals surface area contributed by atoms with Crippen LogP contribution in [0.1, 0.15) is 48.5 Å². The van der Waals surface area contributed by atoms with E-state index in [9.17, 15) is 4.79 Å².